The van der Waals surface area contributed by atoms with Gasteiger partial charge in [0.15, 0.2) is 5.82 Å². The monoisotopic (exact) mass is 701 g/mol. The molecule has 0 fully saturated rings. The minimum Gasteiger partial charge on any atom is -0.457 e. The molecule has 5 heterocycles. The molecule has 0 saturated heterocycles. The summed E-state index contributed by atoms with van der Waals surface area (Å²) in [7, 11) is 0. The van der Waals surface area contributed by atoms with Crippen LogP contribution in [0.25, 0.3) is 66.6 Å². The summed E-state index contributed by atoms with van der Waals surface area (Å²) in [6.07, 6.45) is 6.65. The van der Waals surface area contributed by atoms with Gasteiger partial charge in [0.25, 0.3) is 0 Å². The van der Waals surface area contributed by atoms with Crippen molar-refractivity contribution in [2.75, 3.05) is 0 Å². The van der Waals surface area contributed by atoms with Crippen molar-refractivity contribution in [1.29, 1.82) is 0 Å². The average Bonchev–Trinajstić information content (AvgIpc) is 3.70. The zero-order valence-electron chi connectivity index (χ0n) is 29.4. The number of aromatic nitrogens is 7. The van der Waals surface area contributed by atoms with Crippen LogP contribution in [0.5, 0.6) is 23.0 Å². The third-order valence-electron chi connectivity index (χ3n) is 9.65. The summed E-state index contributed by atoms with van der Waals surface area (Å²) >= 11 is 0. The van der Waals surface area contributed by atoms with Crippen LogP contribution >= 0.6 is 0 Å². The Hall–Kier alpha value is -7.39. The zero-order chi connectivity index (χ0) is 36.2. The molecule has 5 aromatic carbocycles. The van der Waals surface area contributed by atoms with Crippen LogP contribution in [0.2, 0.25) is 0 Å². The topological polar surface area (TPSA) is 92.8 Å². The Labute approximate surface area is 309 Å². The Morgan fingerprint density at radius 2 is 0.907 bits per heavy atom. The molecule has 0 aliphatic heterocycles. The van der Waals surface area contributed by atoms with Crippen LogP contribution in [0.4, 0.5) is 0 Å². The van der Waals surface area contributed by atoms with Crippen molar-refractivity contribution in [1.82, 2.24) is 34.1 Å². The van der Waals surface area contributed by atoms with Crippen LogP contribution in [0.1, 0.15) is 11.1 Å². The highest BCUT2D eigenvalue weighted by Gasteiger charge is 2.17. The highest BCUT2D eigenvalue weighted by Crippen LogP contribution is 2.39. The van der Waals surface area contributed by atoms with Crippen LogP contribution in [-0.4, -0.2) is 34.1 Å². The normalized spacial score (nSPS) is 11.5. The fraction of sp³-hybridized carbons (Fsp3) is 0.0444. The molecule has 0 aliphatic carbocycles. The van der Waals surface area contributed by atoms with Crippen LogP contribution in [-0.2, 0) is 0 Å². The number of aryl methyl sites for hydroxylation is 2. The Bertz CT molecular complexity index is 2860. The summed E-state index contributed by atoms with van der Waals surface area (Å²) in [5.41, 5.74) is 7.12. The summed E-state index contributed by atoms with van der Waals surface area (Å²) in [6.45, 7) is 4.15. The number of para-hydroxylation sites is 2. The Morgan fingerprint density at radius 1 is 0.426 bits per heavy atom. The highest BCUT2D eigenvalue weighted by atomic mass is 16.5. The molecule has 5 aromatic heterocycles. The van der Waals surface area contributed by atoms with Crippen LogP contribution < -0.4 is 9.47 Å². The molecule has 9 heteroatoms. The lowest BCUT2D eigenvalue weighted by molar-refractivity contribution is 0.461. The quantitative estimate of drug-likeness (QED) is 0.163. The van der Waals surface area contributed by atoms with E-state index in [0.29, 0.717) is 28.8 Å². The number of benzene rings is 5. The number of ether oxygens (including phenoxy) is 2. The Morgan fingerprint density at radius 3 is 1.41 bits per heavy atom. The molecule has 0 N–H and O–H groups in total. The predicted molar refractivity (Wildman–Crippen MR) is 212 cm³/mol. The second-order valence-electron chi connectivity index (χ2n) is 13.3. The summed E-state index contributed by atoms with van der Waals surface area (Å²) in [6, 6.07) is 42.9. The molecule has 0 radical (unpaired) electrons. The maximum Gasteiger partial charge on any atom is 0.162 e. The lowest BCUT2D eigenvalue weighted by Gasteiger charge is -2.13. The number of hydrogen-bond donors (Lipinski definition) is 0. The molecule has 10 aromatic rings. The molecule has 0 aliphatic rings. The largest absolute Gasteiger partial charge is 0.457 e. The van der Waals surface area contributed by atoms with Gasteiger partial charge in [0.1, 0.15) is 47.3 Å². The van der Waals surface area contributed by atoms with E-state index in [-0.39, 0.29) is 0 Å². The van der Waals surface area contributed by atoms with Crippen molar-refractivity contribution < 1.29 is 9.47 Å². The first-order valence-corrected chi connectivity index (χ1v) is 17.6. The smallest absolute Gasteiger partial charge is 0.162 e. The number of fused-ring (bicyclic) bond motifs is 6. The number of hydrogen-bond acceptors (Lipinski definition) is 7. The molecule has 9 nitrogen and oxygen atoms in total. The third-order valence-corrected chi connectivity index (χ3v) is 9.65. The second kappa shape index (κ2) is 12.7. The van der Waals surface area contributed by atoms with Crippen molar-refractivity contribution in [3.8, 4) is 46.0 Å². The van der Waals surface area contributed by atoms with Crippen LogP contribution in [0.15, 0.2) is 152 Å². The van der Waals surface area contributed by atoms with E-state index in [1.807, 2.05) is 54.9 Å². The predicted octanol–water partition coefficient (Wildman–Crippen LogP) is 10.7. The van der Waals surface area contributed by atoms with Gasteiger partial charge in [0.05, 0.1) is 22.1 Å². The van der Waals surface area contributed by atoms with E-state index >= 15 is 0 Å². The third kappa shape index (κ3) is 5.46. The van der Waals surface area contributed by atoms with Crippen molar-refractivity contribution in [2.45, 2.75) is 13.8 Å². The van der Waals surface area contributed by atoms with Gasteiger partial charge in [-0.15, -0.1) is 0 Å². The zero-order valence-corrected chi connectivity index (χ0v) is 29.4. The van der Waals surface area contributed by atoms with E-state index in [1.54, 1.807) is 0 Å². The van der Waals surface area contributed by atoms with E-state index < -0.39 is 0 Å². The minimum absolute atomic E-state index is 0.502. The molecule has 0 unspecified atom stereocenters. The lowest BCUT2D eigenvalue weighted by atomic mass is 10.1. The van der Waals surface area contributed by atoms with Crippen molar-refractivity contribution in [2.24, 2.45) is 0 Å². The first-order valence-electron chi connectivity index (χ1n) is 17.6. The van der Waals surface area contributed by atoms with Gasteiger partial charge in [-0.25, -0.2) is 24.9 Å². The number of pyridine rings is 2. The van der Waals surface area contributed by atoms with Gasteiger partial charge in [0, 0.05) is 57.7 Å². The number of rotatable bonds is 7. The van der Waals surface area contributed by atoms with E-state index in [9.17, 15) is 0 Å². The summed E-state index contributed by atoms with van der Waals surface area (Å²) < 4.78 is 17.6. The number of nitrogens with zero attached hydrogens (tertiary/aromatic N) is 7. The van der Waals surface area contributed by atoms with Gasteiger partial charge < -0.3 is 9.47 Å². The van der Waals surface area contributed by atoms with E-state index in [1.165, 1.54) is 12.7 Å². The second-order valence-corrected chi connectivity index (χ2v) is 13.3. The fourth-order valence-electron chi connectivity index (χ4n) is 7.29. The highest BCUT2D eigenvalue weighted by molar-refractivity contribution is 6.10. The lowest BCUT2D eigenvalue weighted by Crippen LogP contribution is -1.98. The molecule has 0 saturated carbocycles. The molecule has 0 amide bonds. The van der Waals surface area contributed by atoms with Gasteiger partial charge in [-0.1, -0.05) is 36.4 Å². The van der Waals surface area contributed by atoms with Gasteiger partial charge in [-0.05, 0) is 97.8 Å². The van der Waals surface area contributed by atoms with E-state index in [0.717, 1.165) is 71.9 Å². The average molecular weight is 702 g/mol. The van der Waals surface area contributed by atoms with Crippen molar-refractivity contribution >= 4 is 43.6 Å². The Balaban J connectivity index is 1.07. The summed E-state index contributed by atoms with van der Waals surface area (Å²) in [4.78, 5) is 22.3. The Kier molecular flexibility index (Phi) is 7.36. The molecule has 0 bridgehead atoms. The molecule has 258 valence electrons. The van der Waals surface area contributed by atoms with Crippen LogP contribution in [0, 0.1) is 13.8 Å². The van der Waals surface area contributed by atoms with Crippen molar-refractivity contribution in [3.63, 3.8) is 0 Å². The standard InChI is InChI=1S/C45H31N7O2/c1-28-15-17-47-43(19-28)51-39-9-5-3-7-35(39)37-13-11-31(24-41(37)51)53-33-21-30(45-49-26-46-27-50-45)22-34(23-33)54-32-12-14-38-36-8-4-6-10-40(36)52(42(38)25-32)44-20-29(2)16-18-48-44/h3-27H,1-2H3. The fourth-order valence-corrected chi connectivity index (χ4v) is 7.29. The minimum atomic E-state index is 0.502. The van der Waals surface area contributed by atoms with Gasteiger partial charge in [-0.3, -0.25) is 9.13 Å². The molecule has 0 atom stereocenters. The summed E-state index contributed by atoms with van der Waals surface area (Å²) in [5.74, 6) is 4.65. The van der Waals surface area contributed by atoms with Crippen molar-refractivity contribution in [3.05, 3.63) is 164 Å². The molecule has 0 spiro atoms. The SMILES string of the molecule is Cc1ccnc(-n2c3ccccc3c3ccc(Oc4cc(Oc5ccc6c7ccccc7n(-c7cc(C)ccn7)c6c5)cc(-c5ncncn5)c4)cc32)c1. The van der Waals surface area contributed by atoms with Crippen LogP contribution in [0.3, 0.4) is 0 Å². The molecular formula is C45H31N7O2. The molecule has 54 heavy (non-hydrogen) atoms. The maximum absolute atomic E-state index is 6.64. The van der Waals surface area contributed by atoms with Gasteiger partial charge in [0.2, 0.25) is 0 Å². The first-order chi connectivity index (χ1) is 26.6. The molecule has 10 rings (SSSR count). The molecular weight excluding hydrogens is 671 g/mol. The van der Waals surface area contributed by atoms with Gasteiger partial charge in [-0.2, -0.15) is 0 Å². The summed E-state index contributed by atoms with van der Waals surface area (Å²) in [5, 5.41) is 4.50. The van der Waals surface area contributed by atoms with Gasteiger partial charge >= 0.3 is 0 Å². The maximum atomic E-state index is 6.64. The van der Waals surface area contributed by atoms with E-state index in [2.05, 4.69) is 123 Å². The van der Waals surface area contributed by atoms with E-state index in [4.69, 9.17) is 19.4 Å². The first kappa shape index (κ1) is 31.4.